The van der Waals surface area contributed by atoms with Crippen LogP contribution in [0.4, 0.5) is 17.2 Å². The Balaban J connectivity index is 1.80. The number of benzene rings is 2. The number of hydrogen-bond donors (Lipinski definition) is 4. The van der Waals surface area contributed by atoms with Crippen molar-refractivity contribution in [1.29, 1.82) is 0 Å². The van der Waals surface area contributed by atoms with Gasteiger partial charge >= 0.3 is 0 Å². The second-order valence-electron chi connectivity index (χ2n) is 9.14. The predicted octanol–water partition coefficient (Wildman–Crippen LogP) is 4.25. The number of rotatable bonds is 14. The summed E-state index contributed by atoms with van der Waals surface area (Å²) in [5.74, 6) is 3.01. The molecule has 0 aliphatic rings. The molecule has 0 atom stereocenters. The van der Waals surface area contributed by atoms with Crippen LogP contribution in [-0.4, -0.2) is 59.1 Å². The third-order valence-electron chi connectivity index (χ3n) is 5.71. The van der Waals surface area contributed by atoms with Gasteiger partial charge < -0.3 is 20.3 Å². The number of hydroxylamine groups is 1. The molecular formula is C29H34N6O4. The number of nitrogens with one attached hydrogen (secondary N) is 3. The molecule has 0 spiro atoms. The van der Waals surface area contributed by atoms with Crippen molar-refractivity contribution in [1.82, 2.24) is 20.3 Å². The smallest absolute Gasteiger partial charge is 0.248 e. The highest BCUT2D eigenvalue weighted by molar-refractivity contribution is 6.03. The second kappa shape index (κ2) is 15.1. The lowest BCUT2D eigenvalue weighted by atomic mass is 10.1. The van der Waals surface area contributed by atoms with Crippen LogP contribution in [0.5, 0.6) is 5.75 Å². The highest BCUT2D eigenvalue weighted by Gasteiger charge is 2.13. The van der Waals surface area contributed by atoms with E-state index in [2.05, 4.69) is 26.5 Å². The number of amides is 2. The highest BCUT2D eigenvalue weighted by Crippen LogP contribution is 2.33. The van der Waals surface area contributed by atoms with Crippen molar-refractivity contribution < 1.29 is 19.5 Å². The molecule has 2 aromatic carbocycles. The third kappa shape index (κ3) is 9.41. The summed E-state index contributed by atoms with van der Waals surface area (Å²) in [6.45, 7) is 1.05. The summed E-state index contributed by atoms with van der Waals surface area (Å²) in [4.78, 5) is 34.6. The zero-order chi connectivity index (χ0) is 28.0. The van der Waals surface area contributed by atoms with Gasteiger partial charge in [0.15, 0.2) is 0 Å². The number of terminal acetylenes is 1. The van der Waals surface area contributed by atoms with E-state index in [0.29, 0.717) is 47.7 Å². The summed E-state index contributed by atoms with van der Waals surface area (Å²) in [6.07, 6.45) is 13.7. The van der Waals surface area contributed by atoms with Crippen LogP contribution in [0.15, 0.2) is 54.9 Å². The Hall–Kier alpha value is -4.46. The summed E-state index contributed by atoms with van der Waals surface area (Å²) in [7, 11) is 3.85. The lowest BCUT2D eigenvalue weighted by molar-refractivity contribution is -0.129. The van der Waals surface area contributed by atoms with Crippen LogP contribution >= 0.6 is 0 Å². The molecule has 0 unspecified atom stereocenters. The average Bonchev–Trinajstić information content (AvgIpc) is 2.92. The Kier molecular flexibility index (Phi) is 11.2. The molecule has 0 aliphatic heterocycles. The summed E-state index contributed by atoms with van der Waals surface area (Å²) < 4.78 is 6.06. The molecule has 0 bridgehead atoms. The predicted molar refractivity (Wildman–Crippen MR) is 152 cm³/mol. The molecule has 0 saturated heterocycles. The number of likely N-dealkylation sites (N-methyl/N-ethyl adjacent to an activating group) is 1. The van der Waals surface area contributed by atoms with Crippen LogP contribution in [-0.2, 0) is 9.59 Å². The minimum absolute atomic E-state index is 0.280. The van der Waals surface area contributed by atoms with Gasteiger partial charge in [0.1, 0.15) is 17.9 Å². The quantitative estimate of drug-likeness (QED) is 0.0801. The maximum atomic E-state index is 12.7. The molecule has 10 nitrogen and oxygen atoms in total. The minimum Gasteiger partial charge on any atom is -0.491 e. The van der Waals surface area contributed by atoms with E-state index in [4.69, 9.17) is 16.4 Å². The van der Waals surface area contributed by atoms with E-state index in [1.165, 1.54) is 12.4 Å². The number of aromatic nitrogens is 2. The minimum atomic E-state index is -0.387. The van der Waals surface area contributed by atoms with E-state index >= 15 is 0 Å². The van der Waals surface area contributed by atoms with E-state index in [1.807, 2.05) is 43.3 Å². The van der Waals surface area contributed by atoms with Crippen LogP contribution < -0.4 is 20.9 Å². The molecule has 4 N–H and O–H groups in total. The molecule has 204 valence electrons. The first-order valence-corrected chi connectivity index (χ1v) is 12.7. The van der Waals surface area contributed by atoms with E-state index in [1.54, 1.807) is 23.7 Å². The maximum absolute atomic E-state index is 12.7. The maximum Gasteiger partial charge on any atom is 0.248 e. The molecule has 3 aromatic rings. The van der Waals surface area contributed by atoms with Gasteiger partial charge in [-0.25, -0.2) is 15.4 Å². The second-order valence-corrected chi connectivity index (χ2v) is 9.14. The Bertz CT molecular complexity index is 1350. The van der Waals surface area contributed by atoms with Gasteiger partial charge in [-0.3, -0.25) is 14.8 Å². The lowest BCUT2D eigenvalue weighted by Gasteiger charge is -2.15. The third-order valence-corrected chi connectivity index (χ3v) is 5.71. The van der Waals surface area contributed by atoms with Crippen LogP contribution in [0.2, 0.25) is 0 Å². The average molecular weight is 531 g/mol. The largest absolute Gasteiger partial charge is 0.491 e. The molecule has 3 rings (SSSR count). The van der Waals surface area contributed by atoms with E-state index < -0.39 is 0 Å². The number of anilines is 3. The number of carbonyl (C=O) groups is 2. The lowest BCUT2D eigenvalue weighted by Crippen LogP contribution is -2.17. The zero-order valence-corrected chi connectivity index (χ0v) is 22.2. The Morgan fingerprint density at radius 3 is 2.72 bits per heavy atom. The summed E-state index contributed by atoms with van der Waals surface area (Å²) in [5, 5.41) is 15.5. The van der Waals surface area contributed by atoms with Crippen molar-refractivity contribution in [2.24, 2.45) is 0 Å². The van der Waals surface area contributed by atoms with E-state index in [0.717, 1.165) is 30.5 Å². The molecule has 39 heavy (non-hydrogen) atoms. The Morgan fingerprint density at radius 1 is 1.13 bits per heavy atom. The van der Waals surface area contributed by atoms with Gasteiger partial charge in [-0.2, -0.15) is 0 Å². The van der Waals surface area contributed by atoms with Crippen LogP contribution in [0.25, 0.3) is 10.9 Å². The summed E-state index contributed by atoms with van der Waals surface area (Å²) >= 11 is 0. The number of unbranched alkanes of at least 4 members (excludes halogenated alkanes) is 3. The first-order valence-electron chi connectivity index (χ1n) is 12.7. The SMILES string of the molecule is C#Cc1cccc(Nc2ncnc3cc(OCCCCCCC(=O)NO)c(NC(=O)/C=C/CN(C)C)cc23)c1. The van der Waals surface area contributed by atoms with Crippen molar-refractivity contribution >= 4 is 39.9 Å². The van der Waals surface area contributed by atoms with E-state index in [9.17, 15) is 9.59 Å². The molecule has 2 amide bonds. The Labute approximate surface area is 228 Å². The van der Waals surface area contributed by atoms with Gasteiger partial charge in [0.2, 0.25) is 11.8 Å². The molecule has 0 fully saturated rings. The van der Waals surface area contributed by atoms with Crippen molar-refractivity contribution in [3.63, 3.8) is 0 Å². The number of hydrogen-bond acceptors (Lipinski definition) is 8. The fourth-order valence-electron chi connectivity index (χ4n) is 3.75. The molecular weight excluding hydrogens is 496 g/mol. The fraction of sp³-hybridized carbons (Fsp3) is 0.310. The highest BCUT2D eigenvalue weighted by atomic mass is 16.5. The van der Waals surface area contributed by atoms with Gasteiger partial charge in [0.25, 0.3) is 0 Å². The molecule has 10 heteroatoms. The molecule has 1 aromatic heterocycles. The van der Waals surface area contributed by atoms with Crippen LogP contribution in [0.1, 0.15) is 37.7 Å². The zero-order valence-electron chi connectivity index (χ0n) is 22.2. The number of ether oxygens (including phenoxy) is 1. The standard InChI is InChI=1S/C29H34N6O4/c1-4-21-11-9-12-22(17-21)32-29-23-18-25(33-27(36)14-10-15-35(2)3)26(19-24(23)30-20-31-29)39-16-8-6-5-7-13-28(37)34-38/h1,9-12,14,17-20,38H,5-8,13,15-16H2,2-3H3,(H,33,36)(H,34,37)(H,30,31,32)/b14-10+. The monoisotopic (exact) mass is 530 g/mol. The fourth-order valence-corrected chi connectivity index (χ4v) is 3.75. The summed E-state index contributed by atoms with van der Waals surface area (Å²) in [5.41, 5.74) is 4.30. The van der Waals surface area contributed by atoms with Crippen molar-refractivity contribution in [3.05, 3.63) is 60.4 Å². The number of nitrogens with zero attached hydrogens (tertiary/aromatic N) is 3. The number of fused-ring (bicyclic) bond motifs is 1. The normalized spacial score (nSPS) is 10.9. The molecule has 0 saturated carbocycles. The number of carbonyl (C=O) groups excluding carboxylic acids is 2. The van der Waals surface area contributed by atoms with Crippen molar-refractivity contribution in [2.45, 2.75) is 32.1 Å². The topological polar surface area (TPSA) is 129 Å². The Morgan fingerprint density at radius 2 is 1.95 bits per heavy atom. The van der Waals surface area contributed by atoms with E-state index in [-0.39, 0.29) is 18.2 Å². The van der Waals surface area contributed by atoms with Crippen molar-refractivity contribution in [3.8, 4) is 18.1 Å². The molecule has 1 heterocycles. The molecule has 0 radical (unpaired) electrons. The van der Waals surface area contributed by atoms with Crippen LogP contribution in [0, 0.1) is 12.3 Å². The molecule has 0 aliphatic carbocycles. The first kappa shape index (κ1) is 29.1. The van der Waals surface area contributed by atoms with Gasteiger partial charge in [-0.05, 0) is 51.2 Å². The van der Waals surface area contributed by atoms with Gasteiger partial charge in [0.05, 0.1) is 17.8 Å². The first-order chi connectivity index (χ1) is 18.9. The van der Waals surface area contributed by atoms with Gasteiger partial charge in [-0.1, -0.05) is 30.9 Å². The van der Waals surface area contributed by atoms with Gasteiger partial charge in [0, 0.05) is 41.7 Å². The van der Waals surface area contributed by atoms with Gasteiger partial charge in [-0.15, -0.1) is 6.42 Å². The summed E-state index contributed by atoms with van der Waals surface area (Å²) in [6, 6.07) is 11.0. The van der Waals surface area contributed by atoms with Crippen LogP contribution in [0.3, 0.4) is 0 Å². The van der Waals surface area contributed by atoms with Crippen molar-refractivity contribution in [2.75, 3.05) is 37.9 Å².